The SMILES string of the molecule is NN(Cc1ccccc1)Cc1ccc(-c2ccc3c(ccc4ccc(S)c(-c5ccccc5)c43)c2)cc1. The van der Waals surface area contributed by atoms with Gasteiger partial charge in [-0.1, -0.05) is 115 Å². The first-order valence-corrected chi connectivity index (χ1v) is 13.0. The van der Waals surface area contributed by atoms with E-state index >= 15 is 0 Å². The average Bonchev–Trinajstić information content (AvgIpc) is 2.94. The van der Waals surface area contributed by atoms with E-state index < -0.39 is 0 Å². The van der Waals surface area contributed by atoms with Gasteiger partial charge in [0.05, 0.1) is 0 Å². The van der Waals surface area contributed by atoms with Crippen molar-refractivity contribution >= 4 is 34.2 Å². The predicted octanol–water partition coefficient (Wildman–Crippen LogP) is 8.49. The van der Waals surface area contributed by atoms with Gasteiger partial charge < -0.3 is 0 Å². The number of nitrogens with zero attached hydrogens (tertiary/aromatic N) is 1. The Kier molecular flexibility index (Phi) is 6.50. The van der Waals surface area contributed by atoms with E-state index in [1.807, 2.05) is 23.2 Å². The van der Waals surface area contributed by atoms with E-state index in [0.29, 0.717) is 6.54 Å². The number of benzene rings is 6. The van der Waals surface area contributed by atoms with Gasteiger partial charge in [0.15, 0.2) is 0 Å². The van der Waals surface area contributed by atoms with Gasteiger partial charge in [-0.3, -0.25) is 5.84 Å². The van der Waals surface area contributed by atoms with Crippen molar-refractivity contribution in [2.24, 2.45) is 5.84 Å². The maximum Gasteiger partial charge on any atom is 0.0383 e. The van der Waals surface area contributed by atoms with E-state index in [0.717, 1.165) is 11.4 Å². The maximum absolute atomic E-state index is 6.29. The van der Waals surface area contributed by atoms with Crippen LogP contribution < -0.4 is 5.84 Å². The molecule has 0 aliphatic heterocycles. The molecule has 37 heavy (non-hydrogen) atoms. The summed E-state index contributed by atoms with van der Waals surface area (Å²) < 4.78 is 0. The highest BCUT2D eigenvalue weighted by molar-refractivity contribution is 7.80. The van der Waals surface area contributed by atoms with Crippen molar-refractivity contribution in [1.29, 1.82) is 0 Å². The Morgan fingerprint density at radius 1 is 0.541 bits per heavy atom. The molecule has 0 bridgehead atoms. The van der Waals surface area contributed by atoms with Crippen molar-refractivity contribution in [3.63, 3.8) is 0 Å². The second-order valence-electron chi connectivity index (χ2n) is 9.51. The van der Waals surface area contributed by atoms with E-state index in [9.17, 15) is 0 Å². The molecular formula is C34H28N2S. The molecule has 0 aliphatic rings. The minimum absolute atomic E-state index is 0.702. The van der Waals surface area contributed by atoms with E-state index in [1.165, 1.54) is 54.9 Å². The minimum Gasteiger partial charge on any atom is -0.268 e. The lowest BCUT2D eigenvalue weighted by Crippen LogP contribution is -2.29. The zero-order valence-electron chi connectivity index (χ0n) is 20.5. The van der Waals surface area contributed by atoms with Crippen LogP contribution in [0, 0.1) is 0 Å². The Labute approximate surface area is 223 Å². The molecule has 0 saturated heterocycles. The fourth-order valence-corrected chi connectivity index (χ4v) is 5.45. The lowest BCUT2D eigenvalue weighted by atomic mass is 9.92. The highest BCUT2D eigenvalue weighted by Gasteiger charge is 2.12. The Bertz CT molecular complexity index is 1680. The first-order chi connectivity index (χ1) is 18.2. The number of nitrogens with two attached hydrogens (primary N) is 1. The van der Waals surface area contributed by atoms with E-state index in [-0.39, 0.29) is 0 Å². The van der Waals surface area contributed by atoms with E-state index in [4.69, 9.17) is 18.5 Å². The van der Waals surface area contributed by atoms with E-state index in [2.05, 4.69) is 109 Å². The van der Waals surface area contributed by atoms with Gasteiger partial charge >= 0.3 is 0 Å². The minimum atomic E-state index is 0.702. The van der Waals surface area contributed by atoms with Gasteiger partial charge in [-0.05, 0) is 61.5 Å². The summed E-state index contributed by atoms with van der Waals surface area (Å²) in [5, 5.41) is 6.79. The van der Waals surface area contributed by atoms with Gasteiger partial charge in [-0.2, -0.15) is 0 Å². The van der Waals surface area contributed by atoms with Gasteiger partial charge in [-0.15, -0.1) is 12.6 Å². The Hall–Kier alpha value is -3.89. The molecule has 0 heterocycles. The summed E-state index contributed by atoms with van der Waals surface area (Å²) >= 11 is 4.84. The summed E-state index contributed by atoms with van der Waals surface area (Å²) in [6.07, 6.45) is 0. The first kappa shape index (κ1) is 23.5. The van der Waals surface area contributed by atoms with Gasteiger partial charge in [-0.25, -0.2) is 5.01 Å². The summed E-state index contributed by atoms with van der Waals surface area (Å²) in [5.41, 5.74) is 7.19. The van der Waals surface area contributed by atoms with Crippen LogP contribution in [0.2, 0.25) is 0 Å². The molecule has 180 valence electrons. The molecule has 0 unspecified atom stereocenters. The van der Waals surface area contributed by atoms with Gasteiger partial charge in [0.1, 0.15) is 0 Å². The van der Waals surface area contributed by atoms with Crippen molar-refractivity contribution in [1.82, 2.24) is 5.01 Å². The third kappa shape index (κ3) is 4.90. The van der Waals surface area contributed by atoms with Crippen molar-refractivity contribution in [3.05, 3.63) is 139 Å². The number of fused-ring (bicyclic) bond motifs is 3. The van der Waals surface area contributed by atoms with Crippen LogP contribution in [0.3, 0.4) is 0 Å². The van der Waals surface area contributed by atoms with Crippen LogP contribution in [0.15, 0.2) is 132 Å². The number of hydrogen-bond acceptors (Lipinski definition) is 3. The standard InChI is InChI=1S/C34H28N2S/c35-36(22-24-7-3-1-4-8-24)23-25-11-13-26(14-12-25)29-17-19-31-30(21-29)16-15-28-18-20-32(37)34(33(28)31)27-9-5-2-6-10-27/h1-21,37H,22-23,35H2. The largest absolute Gasteiger partial charge is 0.268 e. The van der Waals surface area contributed by atoms with Crippen molar-refractivity contribution in [2.75, 3.05) is 0 Å². The molecule has 3 heteroatoms. The third-order valence-corrected chi connectivity index (χ3v) is 7.32. The highest BCUT2D eigenvalue weighted by atomic mass is 32.1. The molecular weight excluding hydrogens is 468 g/mol. The second kappa shape index (κ2) is 10.2. The van der Waals surface area contributed by atoms with Crippen LogP contribution in [0.4, 0.5) is 0 Å². The van der Waals surface area contributed by atoms with Crippen LogP contribution in [0.1, 0.15) is 11.1 Å². The number of hydrazine groups is 1. The molecule has 0 atom stereocenters. The monoisotopic (exact) mass is 496 g/mol. The normalized spacial score (nSPS) is 11.4. The van der Waals surface area contributed by atoms with Crippen LogP contribution >= 0.6 is 12.6 Å². The lowest BCUT2D eigenvalue weighted by Gasteiger charge is -2.17. The van der Waals surface area contributed by atoms with Crippen LogP contribution in [-0.4, -0.2) is 5.01 Å². The van der Waals surface area contributed by atoms with Gasteiger partial charge in [0.2, 0.25) is 0 Å². The van der Waals surface area contributed by atoms with E-state index in [1.54, 1.807) is 0 Å². The third-order valence-electron chi connectivity index (χ3n) is 6.94. The smallest absolute Gasteiger partial charge is 0.0383 e. The van der Waals surface area contributed by atoms with Crippen molar-refractivity contribution in [2.45, 2.75) is 18.0 Å². The Morgan fingerprint density at radius 3 is 1.86 bits per heavy atom. The molecule has 2 N–H and O–H groups in total. The van der Waals surface area contributed by atoms with Crippen molar-refractivity contribution < 1.29 is 0 Å². The summed E-state index contributed by atoms with van der Waals surface area (Å²) in [5.74, 6) is 6.29. The maximum atomic E-state index is 6.29. The first-order valence-electron chi connectivity index (χ1n) is 12.5. The fraction of sp³-hybridized carbons (Fsp3) is 0.0588. The zero-order valence-corrected chi connectivity index (χ0v) is 21.4. The second-order valence-corrected chi connectivity index (χ2v) is 9.99. The molecule has 0 amide bonds. The molecule has 0 fully saturated rings. The quantitative estimate of drug-likeness (QED) is 0.105. The fourth-order valence-electron chi connectivity index (χ4n) is 5.13. The number of rotatable bonds is 6. The molecule has 0 aliphatic carbocycles. The average molecular weight is 497 g/mol. The molecule has 6 aromatic rings. The predicted molar refractivity (Wildman–Crippen MR) is 159 cm³/mol. The lowest BCUT2D eigenvalue weighted by molar-refractivity contribution is 0.266. The summed E-state index contributed by atoms with van der Waals surface area (Å²) in [7, 11) is 0. The molecule has 2 nitrogen and oxygen atoms in total. The Morgan fingerprint density at radius 2 is 1.14 bits per heavy atom. The molecule has 6 aromatic carbocycles. The molecule has 0 radical (unpaired) electrons. The zero-order chi connectivity index (χ0) is 25.2. The molecule has 0 aromatic heterocycles. The van der Waals surface area contributed by atoms with Crippen molar-refractivity contribution in [3.8, 4) is 22.3 Å². The Balaban J connectivity index is 1.31. The van der Waals surface area contributed by atoms with Gasteiger partial charge in [0, 0.05) is 23.5 Å². The molecule has 0 saturated carbocycles. The topological polar surface area (TPSA) is 29.3 Å². The number of hydrogen-bond donors (Lipinski definition) is 2. The van der Waals surface area contributed by atoms with Crippen LogP contribution in [-0.2, 0) is 13.1 Å². The molecule has 6 rings (SSSR count). The summed E-state index contributed by atoms with van der Waals surface area (Å²) in [6.45, 7) is 1.42. The van der Waals surface area contributed by atoms with Crippen LogP contribution in [0.25, 0.3) is 43.8 Å². The van der Waals surface area contributed by atoms with Gasteiger partial charge in [0.25, 0.3) is 0 Å². The summed E-state index contributed by atoms with van der Waals surface area (Å²) in [6, 6.07) is 45.0. The summed E-state index contributed by atoms with van der Waals surface area (Å²) in [4.78, 5) is 0.993. The number of thiol groups is 1. The molecule has 0 spiro atoms. The highest BCUT2D eigenvalue weighted by Crippen LogP contribution is 2.39. The van der Waals surface area contributed by atoms with Crippen LogP contribution in [0.5, 0.6) is 0 Å².